The Balaban J connectivity index is 0.000000145. The molecule has 40 nitrogen and oxygen atoms in total. The number of fused-ring (bicyclic) bond motifs is 6. The Morgan fingerprint density at radius 1 is 0.243 bits per heavy atom. The number of hydrogen-bond donors (Lipinski definition) is 8. The third-order valence-electron chi connectivity index (χ3n) is 24.2. The average molecular weight is 1980 g/mol. The maximum absolute atomic E-state index is 12.9. The van der Waals surface area contributed by atoms with Crippen LogP contribution < -0.4 is 52.0 Å². The van der Waals surface area contributed by atoms with Gasteiger partial charge < -0.3 is 20.1 Å². The summed E-state index contributed by atoms with van der Waals surface area (Å²) in [5.41, 5.74) is 4.34. The van der Waals surface area contributed by atoms with Gasteiger partial charge in [-0.25, -0.2) is 0 Å². The molecule has 6 unspecified atom stereocenters. The number of amides is 24. The third kappa shape index (κ3) is 22.5. The SMILES string of the molecule is CC(C)(C)Cc1cccc2c1C(=O)N(C1CCC(=O)NC1=O)C2=O.CC(C)(C)Cc1cccc2c1C(=O)N(C1CCC(=O)NC1=O)C2=O.CC(C)(C)Nc1cccc2c1C(=O)N(C1CCC(=O)NC1=O)C2=O.CC(C)(C)Nc1cccc2c1C(=O)N(C1CCC(=O)NC1=O)C2=O.CC(C)(C)Oc1cccc2c1C(=O)N(C1CCC(=O)NC1=O)C2=O.CC(C)(C)Oc1cccc2c1C(=O)N(C1CCC(=O)NC1=O)C2=O. The molecule has 144 heavy (non-hydrogen) atoms. The summed E-state index contributed by atoms with van der Waals surface area (Å²) in [6.45, 7) is 35.1. The van der Waals surface area contributed by atoms with Crippen molar-refractivity contribution >= 4 is 153 Å². The van der Waals surface area contributed by atoms with E-state index < -0.39 is 166 Å². The number of rotatable bonds is 12. The van der Waals surface area contributed by atoms with Crippen LogP contribution in [0.25, 0.3) is 0 Å². The molecule has 12 aliphatic heterocycles. The Morgan fingerprint density at radius 2 is 0.431 bits per heavy atom. The second kappa shape index (κ2) is 40.3. The van der Waals surface area contributed by atoms with Gasteiger partial charge in [-0.2, -0.15) is 0 Å². The van der Waals surface area contributed by atoms with Crippen molar-refractivity contribution in [1.29, 1.82) is 0 Å². The topological polar surface area (TPSA) is 544 Å². The summed E-state index contributed by atoms with van der Waals surface area (Å²) in [5, 5.41) is 19.6. The Labute approximate surface area is 828 Å². The number of piperidine rings is 6. The molecule has 0 bridgehead atoms. The van der Waals surface area contributed by atoms with Crippen LogP contribution in [0.15, 0.2) is 109 Å². The van der Waals surface area contributed by atoms with Gasteiger partial charge in [-0.15, -0.1) is 0 Å². The van der Waals surface area contributed by atoms with E-state index in [0.29, 0.717) is 58.0 Å². The summed E-state index contributed by atoms with van der Waals surface area (Å²) >= 11 is 0. The fourth-order valence-electron chi connectivity index (χ4n) is 18.5. The molecule has 0 spiro atoms. The van der Waals surface area contributed by atoms with Crippen LogP contribution in [0, 0.1) is 10.8 Å². The van der Waals surface area contributed by atoms with E-state index in [2.05, 4.69) is 84.1 Å². The van der Waals surface area contributed by atoms with Crippen LogP contribution >= 0.6 is 0 Å². The Bertz CT molecular complexity index is 5580. The first-order chi connectivity index (χ1) is 67.1. The first kappa shape index (κ1) is 106. The lowest BCUT2D eigenvalue weighted by molar-refractivity contribution is -0.137. The van der Waals surface area contributed by atoms with Gasteiger partial charge in [0.25, 0.3) is 70.9 Å². The Hall–Kier alpha value is -15.8. The zero-order chi connectivity index (χ0) is 106. The van der Waals surface area contributed by atoms with E-state index in [1.54, 1.807) is 84.9 Å². The van der Waals surface area contributed by atoms with E-state index in [9.17, 15) is 115 Å². The zero-order valence-electron chi connectivity index (χ0n) is 83.1. The lowest BCUT2D eigenvalue weighted by Crippen LogP contribution is -2.54. The van der Waals surface area contributed by atoms with Crippen molar-refractivity contribution in [2.24, 2.45) is 10.8 Å². The quantitative estimate of drug-likeness (QED) is 0.0532. The molecule has 0 saturated carbocycles. The van der Waals surface area contributed by atoms with Gasteiger partial charge in [-0.3, -0.25) is 176 Å². The molecule has 12 heterocycles. The van der Waals surface area contributed by atoms with Gasteiger partial charge in [0, 0.05) is 61.0 Å². The highest BCUT2D eigenvalue weighted by molar-refractivity contribution is 6.30. The number of hydrogen-bond acceptors (Lipinski definition) is 28. The number of benzene rings is 6. The van der Waals surface area contributed by atoms with Crippen LogP contribution in [0.4, 0.5) is 11.4 Å². The molecule has 18 rings (SSSR count). The number of carbonyl (C=O) groups is 24. The molecule has 40 heteroatoms. The molecule has 6 aromatic rings. The number of nitrogens with one attached hydrogen (secondary N) is 8. The largest absolute Gasteiger partial charge is 0.487 e. The minimum Gasteiger partial charge on any atom is -0.487 e. The maximum Gasteiger partial charge on any atom is 0.266 e. The predicted octanol–water partition coefficient (Wildman–Crippen LogP) is 8.48. The van der Waals surface area contributed by atoms with E-state index in [1.165, 1.54) is 12.1 Å². The number of anilines is 2. The van der Waals surface area contributed by atoms with Gasteiger partial charge in [0.2, 0.25) is 70.9 Å². The number of ether oxygens (including phenoxy) is 2. The van der Waals surface area contributed by atoms with Gasteiger partial charge >= 0.3 is 0 Å². The average Bonchev–Trinajstić information content (AvgIpc) is 1.63. The van der Waals surface area contributed by atoms with Crippen molar-refractivity contribution in [3.63, 3.8) is 0 Å². The number of imide groups is 12. The molecule has 0 radical (unpaired) electrons. The van der Waals surface area contributed by atoms with Crippen LogP contribution in [0.2, 0.25) is 0 Å². The van der Waals surface area contributed by atoms with Crippen LogP contribution in [-0.4, -0.2) is 230 Å². The van der Waals surface area contributed by atoms with E-state index >= 15 is 0 Å². The van der Waals surface area contributed by atoms with Crippen molar-refractivity contribution < 1.29 is 125 Å². The Morgan fingerprint density at radius 3 is 0.632 bits per heavy atom. The second-order valence-electron chi connectivity index (χ2n) is 42.8. The van der Waals surface area contributed by atoms with Crippen molar-refractivity contribution in [3.8, 4) is 11.5 Å². The molecule has 24 amide bonds. The van der Waals surface area contributed by atoms with Gasteiger partial charge in [0.1, 0.15) is 59.0 Å². The summed E-state index contributed by atoms with van der Waals surface area (Å²) in [7, 11) is 0. The predicted molar refractivity (Wildman–Crippen MR) is 513 cm³/mol. The summed E-state index contributed by atoms with van der Waals surface area (Å²) in [5.74, 6) is -11.3. The molecule has 6 atom stereocenters. The summed E-state index contributed by atoms with van der Waals surface area (Å²) in [4.78, 5) is 299. The van der Waals surface area contributed by atoms with Gasteiger partial charge in [0.15, 0.2) is 0 Å². The minimum absolute atomic E-state index is 0.0412. The summed E-state index contributed by atoms with van der Waals surface area (Å²) in [6.07, 6.45) is 2.86. The smallest absolute Gasteiger partial charge is 0.266 e. The van der Waals surface area contributed by atoms with Crippen LogP contribution in [-0.2, 0) is 70.4 Å². The molecule has 0 aromatic heterocycles. The van der Waals surface area contributed by atoms with E-state index in [1.807, 2.05) is 95.2 Å². The first-order valence-corrected chi connectivity index (χ1v) is 47.1. The second-order valence-corrected chi connectivity index (χ2v) is 42.8. The van der Waals surface area contributed by atoms with Crippen molar-refractivity contribution in [2.75, 3.05) is 10.6 Å². The third-order valence-corrected chi connectivity index (χ3v) is 24.2. The minimum atomic E-state index is -0.974. The maximum atomic E-state index is 12.9. The highest BCUT2D eigenvalue weighted by atomic mass is 16.5. The Kier molecular flexibility index (Phi) is 29.5. The molecular weight excluding hydrogens is 1860 g/mol. The van der Waals surface area contributed by atoms with Crippen molar-refractivity contribution in [2.45, 2.75) is 273 Å². The van der Waals surface area contributed by atoms with Crippen LogP contribution in [0.3, 0.4) is 0 Å². The fraction of sp³-hybridized carbons (Fsp3) is 0.423. The van der Waals surface area contributed by atoms with Crippen molar-refractivity contribution in [3.05, 3.63) is 187 Å². The summed E-state index contributed by atoms with van der Waals surface area (Å²) in [6, 6.07) is 24.4. The van der Waals surface area contributed by atoms with Crippen molar-refractivity contribution in [1.82, 2.24) is 61.3 Å². The summed E-state index contributed by atoms with van der Waals surface area (Å²) < 4.78 is 11.6. The normalized spacial score (nSPS) is 21.0. The molecule has 12 aliphatic rings. The number of nitrogens with zero attached hydrogens (tertiary/aromatic N) is 6. The highest BCUT2D eigenvalue weighted by Gasteiger charge is 2.54. The van der Waals surface area contributed by atoms with E-state index in [-0.39, 0.29) is 167 Å². The van der Waals surface area contributed by atoms with Crippen LogP contribution in [0.1, 0.15) is 337 Å². The monoisotopic (exact) mass is 1970 g/mol. The molecule has 8 N–H and O–H groups in total. The van der Waals surface area contributed by atoms with E-state index in [4.69, 9.17) is 9.47 Å². The van der Waals surface area contributed by atoms with Gasteiger partial charge in [-0.05, 0) is 217 Å². The first-order valence-electron chi connectivity index (χ1n) is 47.1. The molecule has 6 saturated heterocycles. The molecular formula is C104H114N14O26. The lowest BCUT2D eigenvalue weighted by atomic mass is 9.85. The molecule has 0 aliphatic carbocycles. The van der Waals surface area contributed by atoms with E-state index in [0.717, 1.165) is 40.5 Å². The lowest BCUT2D eigenvalue weighted by Gasteiger charge is -2.28. The molecule has 6 aromatic carbocycles. The molecule has 756 valence electrons. The van der Waals surface area contributed by atoms with Gasteiger partial charge in [-0.1, -0.05) is 90.1 Å². The molecule has 6 fully saturated rings. The zero-order valence-corrected chi connectivity index (χ0v) is 83.1. The fourth-order valence-corrected chi connectivity index (χ4v) is 18.5. The standard InChI is InChI=1S/2C18H20N2O4.2C17H19N3O4.2C17H18N2O5/c2*1-18(2,3)9-10-5-4-6-11-14(10)17(24)20(16(11)23)12-7-8-13(21)19-15(12)22;2*1-17(2,3)19-10-6-4-5-9-13(10)16(24)20(15(9)23)11-7-8-12(21)18-14(11)22;2*1-17(2,3)24-11-6-4-5-9-13(11)16(23)19(15(9)22)10-7-8-12(20)18-14(10)21/h2*4-6,12H,7-9H2,1-3H3,(H,19,21,22);2*4-6,11,19H,7-8H2,1-3H3,(H,18,21,22);2*4-6,10H,7-8H2,1-3H3,(H,18,20,21). The highest BCUT2D eigenvalue weighted by Crippen LogP contribution is 2.42. The van der Waals surface area contributed by atoms with Gasteiger partial charge in [0.05, 0.1) is 66.8 Å². The van der Waals surface area contributed by atoms with Crippen LogP contribution in [0.5, 0.6) is 11.5 Å². The number of carbonyl (C=O) groups excluding carboxylic acids is 24.